The largest absolute Gasteiger partial charge is 0.301 e. The fraction of sp³-hybridized carbons (Fsp3) is 1.00. The molecule has 0 unspecified atom stereocenters. The topological polar surface area (TPSA) is 3.24 Å². The molecule has 0 atom stereocenters. The van der Waals surface area contributed by atoms with E-state index in [0.717, 1.165) is 18.8 Å². The van der Waals surface area contributed by atoms with Crippen molar-refractivity contribution in [3.05, 3.63) is 0 Å². The van der Waals surface area contributed by atoms with E-state index in [1.165, 1.54) is 45.1 Å². The molecule has 0 aromatic carbocycles. The molecule has 0 spiro atoms. The van der Waals surface area contributed by atoms with Gasteiger partial charge in [-0.2, -0.15) is 0 Å². The van der Waals surface area contributed by atoms with E-state index in [0.29, 0.717) is 6.04 Å². The van der Waals surface area contributed by atoms with Crippen molar-refractivity contribution in [1.29, 1.82) is 0 Å². The van der Waals surface area contributed by atoms with Gasteiger partial charge in [0.2, 0.25) is 0 Å². The van der Waals surface area contributed by atoms with Gasteiger partial charge in [0.05, 0.1) is 0 Å². The Bertz CT molecular complexity index is 137. The second kappa shape index (κ2) is 11.7. The fourth-order valence-electron chi connectivity index (χ4n) is 1.99. The van der Waals surface area contributed by atoms with Crippen LogP contribution in [0.25, 0.3) is 0 Å². The minimum Gasteiger partial charge on any atom is -0.301 e. The summed E-state index contributed by atoms with van der Waals surface area (Å²) in [5, 5.41) is 0. The molecule has 0 fully saturated rings. The van der Waals surface area contributed by atoms with Gasteiger partial charge < -0.3 is 4.90 Å². The van der Waals surface area contributed by atoms with Crippen molar-refractivity contribution < 1.29 is 0 Å². The molecule has 0 saturated heterocycles. The summed E-state index contributed by atoms with van der Waals surface area (Å²) in [6, 6.07) is 0.666. The zero-order valence-corrected chi connectivity index (χ0v) is 12.2. The van der Waals surface area contributed by atoms with E-state index in [9.17, 15) is 0 Å². The Hall–Kier alpha value is 0.250. The van der Waals surface area contributed by atoms with Gasteiger partial charge in [0, 0.05) is 11.9 Å². The third-order valence-corrected chi connectivity index (χ3v) is 3.38. The summed E-state index contributed by atoms with van der Waals surface area (Å²) in [4.78, 5) is 2.56. The second-order valence-corrected chi connectivity index (χ2v) is 5.32. The first-order valence-corrected chi connectivity index (χ1v) is 7.55. The Kier molecular flexibility index (Phi) is 11.9. The molecular formula is C14H30ClN. The molecule has 0 aliphatic carbocycles. The normalized spacial score (nSPS) is 11.6. The van der Waals surface area contributed by atoms with Crippen LogP contribution in [0.4, 0.5) is 0 Å². The molecule has 0 saturated carbocycles. The Morgan fingerprint density at radius 3 is 2.00 bits per heavy atom. The number of hydrogen-bond acceptors (Lipinski definition) is 1. The summed E-state index contributed by atoms with van der Waals surface area (Å²) >= 11 is 5.74. The molecule has 0 aliphatic rings. The molecule has 0 heterocycles. The van der Waals surface area contributed by atoms with E-state index >= 15 is 0 Å². The van der Waals surface area contributed by atoms with Crippen LogP contribution in [0.2, 0.25) is 0 Å². The molecule has 0 aliphatic heterocycles. The van der Waals surface area contributed by atoms with Crippen molar-refractivity contribution in [3.8, 4) is 0 Å². The van der Waals surface area contributed by atoms with Gasteiger partial charge in [-0.3, -0.25) is 0 Å². The standard InChI is InChI=1S/C14H30ClN/c1-4-5-6-7-8-9-12-16(14(2)3)13-10-11-15/h14H,4-13H2,1-3H3. The zero-order chi connectivity index (χ0) is 12.2. The van der Waals surface area contributed by atoms with Crippen molar-refractivity contribution in [2.75, 3.05) is 19.0 Å². The first kappa shape index (κ1) is 16.2. The van der Waals surface area contributed by atoms with Gasteiger partial charge in [0.1, 0.15) is 0 Å². The quantitative estimate of drug-likeness (QED) is 0.378. The maximum Gasteiger partial charge on any atom is 0.0235 e. The summed E-state index contributed by atoms with van der Waals surface area (Å²) in [5.41, 5.74) is 0. The van der Waals surface area contributed by atoms with E-state index in [1.54, 1.807) is 0 Å². The van der Waals surface area contributed by atoms with Crippen molar-refractivity contribution in [3.63, 3.8) is 0 Å². The van der Waals surface area contributed by atoms with Crippen LogP contribution in [-0.4, -0.2) is 29.9 Å². The lowest BCUT2D eigenvalue weighted by atomic mass is 10.1. The fourth-order valence-corrected chi connectivity index (χ4v) is 2.11. The van der Waals surface area contributed by atoms with Gasteiger partial charge in [-0.15, -0.1) is 11.6 Å². The average molecular weight is 248 g/mol. The summed E-state index contributed by atoms with van der Waals surface area (Å²) in [6.07, 6.45) is 9.44. The number of halogens is 1. The molecule has 2 heteroatoms. The minimum atomic E-state index is 0.666. The summed E-state index contributed by atoms with van der Waals surface area (Å²) in [6.45, 7) is 9.25. The molecule has 0 bridgehead atoms. The molecule has 0 radical (unpaired) electrons. The summed E-state index contributed by atoms with van der Waals surface area (Å²) < 4.78 is 0. The van der Waals surface area contributed by atoms with Crippen molar-refractivity contribution in [2.24, 2.45) is 0 Å². The van der Waals surface area contributed by atoms with E-state index in [2.05, 4.69) is 25.7 Å². The zero-order valence-electron chi connectivity index (χ0n) is 11.5. The maximum atomic E-state index is 5.74. The maximum absolute atomic E-state index is 5.74. The highest BCUT2D eigenvalue weighted by Gasteiger charge is 2.07. The SMILES string of the molecule is CCCCCCCCN(CCCCl)C(C)C. The predicted molar refractivity (Wildman–Crippen MR) is 75.4 cm³/mol. The molecule has 0 aromatic heterocycles. The first-order chi connectivity index (χ1) is 7.72. The van der Waals surface area contributed by atoms with Crippen LogP contribution in [0, 0.1) is 0 Å². The summed E-state index contributed by atoms with van der Waals surface area (Å²) in [5.74, 6) is 0.791. The Morgan fingerprint density at radius 1 is 0.875 bits per heavy atom. The average Bonchev–Trinajstić information content (AvgIpc) is 2.26. The lowest BCUT2D eigenvalue weighted by Crippen LogP contribution is -2.33. The Balaban J connectivity index is 3.44. The van der Waals surface area contributed by atoms with Crippen LogP contribution in [0.15, 0.2) is 0 Å². The molecule has 16 heavy (non-hydrogen) atoms. The molecule has 0 rings (SSSR count). The van der Waals surface area contributed by atoms with Crippen LogP contribution in [0.1, 0.15) is 65.7 Å². The Labute approximate surface area is 108 Å². The predicted octanol–water partition coefficient (Wildman–Crippen LogP) is 4.69. The van der Waals surface area contributed by atoms with Gasteiger partial charge in [0.15, 0.2) is 0 Å². The second-order valence-electron chi connectivity index (χ2n) is 4.94. The van der Waals surface area contributed by atoms with Crippen LogP contribution >= 0.6 is 11.6 Å². The number of nitrogens with zero attached hydrogens (tertiary/aromatic N) is 1. The van der Waals surface area contributed by atoms with Gasteiger partial charge in [-0.25, -0.2) is 0 Å². The Morgan fingerprint density at radius 2 is 1.44 bits per heavy atom. The molecule has 1 nitrogen and oxygen atoms in total. The number of rotatable bonds is 11. The van der Waals surface area contributed by atoms with Crippen LogP contribution in [0.3, 0.4) is 0 Å². The van der Waals surface area contributed by atoms with Gasteiger partial charge in [-0.05, 0) is 39.8 Å². The highest BCUT2D eigenvalue weighted by Crippen LogP contribution is 2.08. The van der Waals surface area contributed by atoms with Crippen LogP contribution in [-0.2, 0) is 0 Å². The molecule has 0 amide bonds. The molecular weight excluding hydrogens is 218 g/mol. The van der Waals surface area contributed by atoms with E-state index in [-0.39, 0.29) is 0 Å². The summed E-state index contributed by atoms with van der Waals surface area (Å²) in [7, 11) is 0. The lowest BCUT2D eigenvalue weighted by Gasteiger charge is -2.26. The third kappa shape index (κ3) is 9.47. The minimum absolute atomic E-state index is 0.666. The first-order valence-electron chi connectivity index (χ1n) is 7.02. The smallest absolute Gasteiger partial charge is 0.0235 e. The van der Waals surface area contributed by atoms with Crippen molar-refractivity contribution in [2.45, 2.75) is 71.8 Å². The molecule has 0 N–H and O–H groups in total. The van der Waals surface area contributed by atoms with Gasteiger partial charge >= 0.3 is 0 Å². The monoisotopic (exact) mass is 247 g/mol. The third-order valence-electron chi connectivity index (χ3n) is 3.11. The van der Waals surface area contributed by atoms with Crippen molar-refractivity contribution in [1.82, 2.24) is 4.90 Å². The van der Waals surface area contributed by atoms with E-state index in [1.807, 2.05) is 0 Å². The van der Waals surface area contributed by atoms with E-state index < -0.39 is 0 Å². The van der Waals surface area contributed by atoms with Gasteiger partial charge in [0.25, 0.3) is 0 Å². The highest BCUT2D eigenvalue weighted by atomic mass is 35.5. The van der Waals surface area contributed by atoms with Crippen molar-refractivity contribution >= 4 is 11.6 Å². The number of hydrogen-bond donors (Lipinski definition) is 0. The number of alkyl halides is 1. The lowest BCUT2D eigenvalue weighted by molar-refractivity contribution is 0.217. The van der Waals surface area contributed by atoms with Crippen LogP contribution in [0.5, 0.6) is 0 Å². The van der Waals surface area contributed by atoms with Crippen LogP contribution < -0.4 is 0 Å². The molecule has 0 aromatic rings. The highest BCUT2D eigenvalue weighted by molar-refractivity contribution is 6.17. The van der Waals surface area contributed by atoms with E-state index in [4.69, 9.17) is 11.6 Å². The van der Waals surface area contributed by atoms with Gasteiger partial charge in [-0.1, -0.05) is 39.0 Å². The number of unbranched alkanes of at least 4 members (excludes halogenated alkanes) is 5. The molecule has 98 valence electrons.